The smallest absolute Gasteiger partial charge is 0.118 e. The molecule has 0 aromatic carbocycles. The topological polar surface area (TPSA) is 73.1 Å². The van der Waals surface area contributed by atoms with Gasteiger partial charge in [0.05, 0.1) is 6.61 Å². The Hall–Kier alpha value is -1.13. The van der Waals surface area contributed by atoms with Crippen LogP contribution < -0.4 is 0 Å². The first kappa shape index (κ1) is 7.97. The minimum atomic E-state index is -0.865. The maximum Gasteiger partial charge on any atom is 0.118 e. The SMILES string of the molecule is OCC1=CC(=NO)C(O)C=C1. The van der Waals surface area contributed by atoms with Gasteiger partial charge in [-0.15, -0.1) is 0 Å². The number of nitrogens with zero attached hydrogens (tertiary/aromatic N) is 1. The van der Waals surface area contributed by atoms with Crippen LogP contribution in [0.15, 0.2) is 29.0 Å². The summed E-state index contributed by atoms with van der Waals surface area (Å²) < 4.78 is 0. The minimum Gasteiger partial charge on any atom is -0.411 e. The minimum absolute atomic E-state index is 0.123. The van der Waals surface area contributed by atoms with Crippen molar-refractivity contribution in [2.75, 3.05) is 6.61 Å². The highest BCUT2D eigenvalue weighted by Crippen LogP contribution is 2.07. The molecule has 1 aliphatic carbocycles. The van der Waals surface area contributed by atoms with Crippen molar-refractivity contribution >= 4 is 5.71 Å². The summed E-state index contributed by atoms with van der Waals surface area (Å²) in [5.41, 5.74) is 0.764. The summed E-state index contributed by atoms with van der Waals surface area (Å²) in [7, 11) is 0. The van der Waals surface area contributed by atoms with Crippen molar-refractivity contribution in [2.24, 2.45) is 5.16 Å². The van der Waals surface area contributed by atoms with E-state index in [-0.39, 0.29) is 12.3 Å². The quantitative estimate of drug-likeness (QED) is 0.358. The Morgan fingerprint density at radius 3 is 2.82 bits per heavy atom. The molecule has 3 N–H and O–H groups in total. The largest absolute Gasteiger partial charge is 0.411 e. The van der Waals surface area contributed by atoms with E-state index in [0.717, 1.165) is 0 Å². The van der Waals surface area contributed by atoms with Crippen molar-refractivity contribution in [2.45, 2.75) is 6.10 Å². The lowest BCUT2D eigenvalue weighted by molar-refractivity contribution is 0.268. The van der Waals surface area contributed by atoms with Gasteiger partial charge in [0.2, 0.25) is 0 Å². The monoisotopic (exact) mass is 155 g/mol. The normalized spacial score (nSPS) is 27.3. The highest BCUT2D eigenvalue weighted by atomic mass is 16.4. The third kappa shape index (κ3) is 1.66. The van der Waals surface area contributed by atoms with Crippen molar-refractivity contribution in [1.29, 1.82) is 0 Å². The molecule has 0 fully saturated rings. The van der Waals surface area contributed by atoms with E-state index in [1.807, 2.05) is 0 Å². The molecule has 4 nitrogen and oxygen atoms in total. The number of oxime groups is 1. The Balaban J connectivity index is 2.84. The first-order valence-electron chi connectivity index (χ1n) is 3.17. The Morgan fingerprint density at radius 2 is 2.27 bits per heavy atom. The molecular weight excluding hydrogens is 146 g/mol. The molecule has 0 amide bonds. The number of hydrogen-bond donors (Lipinski definition) is 3. The fourth-order valence-corrected chi connectivity index (χ4v) is 0.823. The number of hydrogen-bond acceptors (Lipinski definition) is 4. The molecular formula is C7H9NO3. The van der Waals surface area contributed by atoms with Gasteiger partial charge in [-0.1, -0.05) is 11.2 Å². The van der Waals surface area contributed by atoms with Crippen LogP contribution in [-0.2, 0) is 0 Å². The predicted molar refractivity (Wildman–Crippen MR) is 39.5 cm³/mol. The molecule has 0 radical (unpaired) electrons. The van der Waals surface area contributed by atoms with E-state index in [2.05, 4.69) is 5.16 Å². The molecule has 0 saturated carbocycles. The van der Waals surface area contributed by atoms with E-state index in [1.165, 1.54) is 12.2 Å². The zero-order chi connectivity index (χ0) is 8.27. The van der Waals surface area contributed by atoms with E-state index in [4.69, 9.17) is 15.4 Å². The lowest BCUT2D eigenvalue weighted by atomic mass is 10.0. The van der Waals surface area contributed by atoms with Gasteiger partial charge in [-0.25, -0.2) is 0 Å². The van der Waals surface area contributed by atoms with Gasteiger partial charge in [-0.05, 0) is 17.7 Å². The average Bonchev–Trinajstić information content (AvgIpc) is 2.05. The van der Waals surface area contributed by atoms with Crippen LogP contribution in [0.1, 0.15) is 0 Å². The molecule has 60 valence electrons. The van der Waals surface area contributed by atoms with Crippen molar-refractivity contribution in [3.63, 3.8) is 0 Å². The number of aliphatic hydroxyl groups excluding tert-OH is 2. The molecule has 1 atom stereocenters. The molecule has 0 spiro atoms. The highest BCUT2D eigenvalue weighted by molar-refractivity contribution is 6.01. The van der Waals surface area contributed by atoms with E-state index >= 15 is 0 Å². The van der Waals surface area contributed by atoms with Crippen LogP contribution in [-0.4, -0.2) is 33.8 Å². The third-order valence-electron chi connectivity index (χ3n) is 1.43. The molecule has 0 saturated heterocycles. The fourth-order valence-electron chi connectivity index (χ4n) is 0.823. The maximum absolute atomic E-state index is 9.08. The second kappa shape index (κ2) is 3.32. The molecule has 0 bridgehead atoms. The van der Waals surface area contributed by atoms with Crippen LogP contribution in [0.25, 0.3) is 0 Å². The zero-order valence-corrected chi connectivity index (χ0v) is 5.81. The second-order valence-corrected chi connectivity index (χ2v) is 2.21. The molecule has 0 aliphatic heterocycles. The van der Waals surface area contributed by atoms with Crippen LogP contribution in [0.3, 0.4) is 0 Å². The van der Waals surface area contributed by atoms with Gasteiger partial charge >= 0.3 is 0 Å². The summed E-state index contributed by atoms with van der Waals surface area (Å²) in [4.78, 5) is 0. The Bertz CT molecular complexity index is 230. The summed E-state index contributed by atoms with van der Waals surface area (Å²) in [6.07, 6.45) is 3.60. The van der Waals surface area contributed by atoms with Crippen LogP contribution in [0.4, 0.5) is 0 Å². The fraction of sp³-hybridized carbons (Fsp3) is 0.286. The molecule has 0 aromatic heterocycles. The zero-order valence-electron chi connectivity index (χ0n) is 5.81. The highest BCUT2D eigenvalue weighted by Gasteiger charge is 2.12. The Kier molecular flexibility index (Phi) is 2.40. The third-order valence-corrected chi connectivity index (χ3v) is 1.43. The molecule has 0 heterocycles. The maximum atomic E-state index is 9.08. The van der Waals surface area contributed by atoms with Gasteiger partial charge in [0.15, 0.2) is 0 Å². The van der Waals surface area contributed by atoms with Crippen LogP contribution >= 0.6 is 0 Å². The van der Waals surface area contributed by atoms with Crippen LogP contribution in [0.2, 0.25) is 0 Å². The van der Waals surface area contributed by atoms with E-state index in [0.29, 0.717) is 5.57 Å². The lowest BCUT2D eigenvalue weighted by Crippen LogP contribution is -2.19. The van der Waals surface area contributed by atoms with E-state index < -0.39 is 6.10 Å². The summed E-state index contributed by atoms with van der Waals surface area (Å²) in [5.74, 6) is 0. The number of rotatable bonds is 1. The Labute approximate surface area is 63.8 Å². The van der Waals surface area contributed by atoms with Crippen LogP contribution in [0.5, 0.6) is 0 Å². The summed E-state index contributed by atoms with van der Waals surface area (Å²) >= 11 is 0. The van der Waals surface area contributed by atoms with Gasteiger partial charge in [0, 0.05) is 0 Å². The van der Waals surface area contributed by atoms with Crippen molar-refractivity contribution in [3.8, 4) is 0 Å². The van der Waals surface area contributed by atoms with Gasteiger partial charge in [-0.3, -0.25) is 0 Å². The molecule has 11 heavy (non-hydrogen) atoms. The van der Waals surface area contributed by atoms with Crippen molar-refractivity contribution in [1.82, 2.24) is 0 Å². The molecule has 0 aromatic rings. The van der Waals surface area contributed by atoms with Gasteiger partial charge < -0.3 is 15.4 Å². The predicted octanol–water partition coefficient (Wildman–Crippen LogP) is -0.334. The van der Waals surface area contributed by atoms with Gasteiger partial charge in [0.25, 0.3) is 0 Å². The first-order chi connectivity index (χ1) is 5.27. The summed E-state index contributed by atoms with van der Waals surface area (Å²) in [6.45, 7) is -0.123. The van der Waals surface area contributed by atoms with Crippen LogP contribution in [0, 0.1) is 0 Å². The number of aliphatic hydroxyl groups is 2. The second-order valence-electron chi connectivity index (χ2n) is 2.21. The molecule has 1 aliphatic rings. The molecule has 1 unspecified atom stereocenters. The Morgan fingerprint density at radius 1 is 1.55 bits per heavy atom. The first-order valence-corrected chi connectivity index (χ1v) is 3.17. The summed E-state index contributed by atoms with van der Waals surface area (Å²) in [6, 6.07) is 0. The molecule has 4 heteroatoms. The van der Waals surface area contributed by atoms with Gasteiger partial charge in [-0.2, -0.15) is 0 Å². The van der Waals surface area contributed by atoms with Gasteiger partial charge in [0.1, 0.15) is 11.8 Å². The average molecular weight is 155 g/mol. The summed E-state index contributed by atoms with van der Waals surface area (Å²) in [5, 5.41) is 28.9. The standard InChI is InChI=1S/C7H9NO3/c9-4-5-1-2-7(10)6(3-5)8-11/h1-3,7,9-11H,4H2. The van der Waals surface area contributed by atoms with E-state index in [1.54, 1.807) is 6.08 Å². The molecule has 1 rings (SSSR count). The lowest BCUT2D eigenvalue weighted by Gasteiger charge is -2.10. The van der Waals surface area contributed by atoms with E-state index in [9.17, 15) is 0 Å². The van der Waals surface area contributed by atoms with Crippen molar-refractivity contribution in [3.05, 3.63) is 23.8 Å². The van der Waals surface area contributed by atoms with Crippen molar-refractivity contribution < 1.29 is 15.4 Å².